The lowest BCUT2D eigenvalue weighted by molar-refractivity contribution is 0.0975. The topological polar surface area (TPSA) is 90.4 Å². The maximum atomic E-state index is 12.7. The first kappa shape index (κ1) is 19.1. The van der Waals surface area contributed by atoms with E-state index < -0.39 is 0 Å². The van der Waals surface area contributed by atoms with E-state index in [9.17, 15) is 4.79 Å². The highest BCUT2D eigenvalue weighted by Gasteiger charge is 2.18. The molecule has 0 aliphatic carbocycles. The van der Waals surface area contributed by atoms with Crippen molar-refractivity contribution in [3.8, 4) is 17.2 Å². The predicted octanol–water partition coefficient (Wildman–Crippen LogP) is 2.80. The zero-order valence-corrected chi connectivity index (χ0v) is 16.1. The number of guanidine groups is 1. The highest BCUT2D eigenvalue weighted by molar-refractivity contribution is 6.10. The van der Waals surface area contributed by atoms with Crippen molar-refractivity contribution in [3.05, 3.63) is 48.0 Å². The van der Waals surface area contributed by atoms with E-state index in [4.69, 9.17) is 18.9 Å². The van der Waals surface area contributed by atoms with Crippen LogP contribution in [0.25, 0.3) is 0 Å². The fourth-order valence-electron chi connectivity index (χ4n) is 3.15. The third kappa shape index (κ3) is 4.78. The second kappa shape index (κ2) is 8.83. The summed E-state index contributed by atoms with van der Waals surface area (Å²) in [4.78, 5) is 17.3. The summed E-state index contributed by atoms with van der Waals surface area (Å²) in [6.07, 6.45) is 2.06. The molecule has 1 amide bonds. The van der Waals surface area contributed by atoms with Gasteiger partial charge < -0.3 is 24.3 Å². The monoisotopic (exact) mass is 397 g/mol. The summed E-state index contributed by atoms with van der Waals surface area (Å²) in [5.41, 5.74) is 1.20. The molecule has 0 unspecified atom stereocenters. The summed E-state index contributed by atoms with van der Waals surface area (Å²) < 4.78 is 21.6. The van der Waals surface area contributed by atoms with Crippen molar-refractivity contribution in [1.82, 2.24) is 5.32 Å². The molecule has 1 fully saturated rings. The molecule has 1 saturated heterocycles. The van der Waals surface area contributed by atoms with Crippen molar-refractivity contribution in [1.29, 1.82) is 0 Å². The molecule has 2 aromatic rings. The van der Waals surface area contributed by atoms with Crippen LogP contribution in [0.2, 0.25) is 0 Å². The molecule has 2 aromatic carbocycles. The number of anilines is 1. The molecule has 0 aromatic heterocycles. The molecule has 29 heavy (non-hydrogen) atoms. The van der Waals surface area contributed by atoms with E-state index in [-0.39, 0.29) is 18.8 Å². The smallest absolute Gasteiger partial charge is 0.258 e. The minimum Gasteiger partial charge on any atom is -0.497 e. The Bertz CT molecular complexity index is 909. The van der Waals surface area contributed by atoms with Crippen LogP contribution in [0.15, 0.2) is 47.5 Å². The standard InChI is InChI=1S/C21H23N3O5/c1-26-16-5-2-4-14(10-16)20(25)24-21(22-12-17-6-3-9-27-17)23-15-7-8-18-19(11-15)29-13-28-18/h2,4-5,7-8,10-11,17H,3,6,9,12-13H2,1H3,(H2,22,23,24,25)/t17-/m1/s1. The minimum atomic E-state index is -0.289. The zero-order valence-electron chi connectivity index (χ0n) is 16.1. The zero-order chi connectivity index (χ0) is 20.1. The molecule has 2 aliphatic heterocycles. The summed E-state index contributed by atoms with van der Waals surface area (Å²) in [5.74, 6) is 2.00. The molecule has 1 atom stereocenters. The average Bonchev–Trinajstić information content (AvgIpc) is 3.43. The Kier molecular flexibility index (Phi) is 5.81. The van der Waals surface area contributed by atoms with Gasteiger partial charge in [0.15, 0.2) is 11.5 Å². The lowest BCUT2D eigenvalue weighted by Crippen LogP contribution is -2.36. The molecule has 0 saturated carbocycles. The second-order valence-electron chi connectivity index (χ2n) is 6.70. The van der Waals surface area contributed by atoms with Gasteiger partial charge in [-0.2, -0.15) is 0 Å². The van der Waals surface area contributed by atoms with Crippen LogP contribution < -0.4 is 24.8 Å². The first-order chi connectivity index (χ1) is 14.2. The predicted molar refractivity (Wildman–Crippen MR) is 108 cm³/mol. The quantitative estimate of drug-likeness (QED) is 0.596. The van der Waals surface area contributed by atoms with E-state index in [2.05, 4.69) is 15.6 Å². The first-order valence-corrected chi connectivity index (χ1v) is 9.49. The average molecular weight is 397 g/mol. The molecule has 152 valence electrons. The van der Waals surface area contributed by atoms with Gasteiger partial charge >= 0.3 is 0 Å². The molecule has 0 radical (unpaired) electrons. The number of hydrogen-bond donors (Lipinski definition) is 2. The summed E-state index contributed by atoms with van der Waals surface area (Å²) in [5, 5.41) is 6.00. The highest BCUT2D eigenvalue weighted by Crippen LogP contribution is 2.34. The molecule has 4 rings (SSSR count). The van der Waals surface area contributed by atoms with Crippen molar-refractivity contribution in [2.45, 2.75) is 18.9 Å². The van der Waals surface area contributed by atoms with Crippen molar-refractivity contribution in [2.24, 2.45) is 4.99 Å². The van der Waals surface area contributed by atoms with Crippen LogP contribution in [-0.4, -0.2) is 45.0 Å². The lowest BCUT2D eigenvalue weighted by Gasteiger charge is -2.14. The van der Waals surface area contributed by atoms with Gasteiger partial charge in [-0.1, -0.05) is 6.07 Å². The summed E-state index contributed by atoms with van der Waals surface area (Å²) in [6, 6.07) is 12.4. The normalized spacial score (nSPS) is 17.8. The molecule has 8 nitrogen and oxygen atoms in total. The number of aliphatic imine (C=N–C) groups is 1. The van der Waals surface area contributed by atoms with Gasteiger partial charge in [0.2, 0.25) is 12.8 Å². The first-order valence-electron chi connectivity index (χ1n) is 9.49. The van der Waals surface area contributed by atoms with Crippen molar-refractivity contribution in [3.63, 3.8) is 0 Å². The molecule has 0 bridgehead atoms. The molecule has 2 heterocycles. The van der Waals surface area contributed by atoms with Gasteiger partial charge in [0.1, 0.15) is 5.75 Å². The van der Waals surface area contributed by atoms with Gasteiger partial charge in [-0.25, -0.2) is 4.99 Å². The summed E-state index contributed by atoms with van der Waals surface area (Å²) in [6.45, 7) is 1.41. The Morgan fingerprint density at radius 2 is 2.10 bits per heavy atom. The van der Waals surface area contributed by atoms with E-state index in [0.29, 0.717) is 35.3 Å². The van der Waals surface area contributed by atoms with Gasteiger partial charge in [-0.05, 0) is 43.2 Å². The number of benzene rings is 2. The number of nitrogens with zero attached hydrogens (tertiary/aromatic N) is 1. The van der Waals surface area contributed by atoms with Crippen LogP contribution in [-0.2, 0) is 4.74 Å². The Morgan fingerprint density at radius 3 is 2.93 bits per heavy atom. The number of carbonyl (C=O) groups excluding carboxylic acids is 1. The van der Waals surface area contributed by atoms with E-state index in [1.165, 1.54) is 0 Å². The van der Waals surface area contributed by atoms with Crippen LogP contribution in [0, 0.1) is 0 Å². The summed E-state index contributed by atoms with van der Waals surface area (Å²) >= 11 is 0. The molecule has 8 heteroatoms. The third-order valence-electron chi connectivity index (χ3n) is 4.68. The van der Waals surface area contributed by atoms with Gasteiger partial charge in [0, 0.05) is 23.9 Å². The van der Waals surface area contributed by atoms with E-state index in [0.717, 1.165) is 25.1 Å². The van der Waals surface area contributed by atoms with Crippen LogP contribution in [0.3, 0.4) is 0 Å². The highest BCUT2D eigenvalue weighted by atomic mass is 16.7. The van der Waals surface area contributed by atoms with Crippen molar-refractivity contribution < 1.29 is 23.7 Å². The van der Waals surface area contributed by atoms with Crippen molar-refractivity contribution >= 4 is 17.6 Å². The number of nitrogens with one attached hydrogen (secondary N) is 2. The Hall–Kier alpha value is -3.26. The fourth-order valence-corrected chi connectivity index (χ4v) is 3.15. The van der Waals surface area contributed by atoms with E-state index in [1.807, 2.05) is 18.2 Å². The maximum Gasteiger partial charge on any atom is 0.258 e. The Morgan fingerprint density at radius 1 is 1.21 bits per heavy atom. The SMILES string of the molecule is COc1cccc(C(=O)NC(=NC[C@H]2CCCO2)Nc2ccc3c(c2)OCO3)c1. The van der Waals surface area contributed by atoms with Crippen LogP contribution >= 0.6 is 0 Å². The number of amides is 1. The third-order valence-corrected chi connectivity index (χ3v) is 4.68. The largest absolute Gasteiger partial charge is 0.497 e. The fraction of sp³-hybridized carbons (Fsp3) is 0.333. The number of fused-ring (bicyclic) bond motifs is 1. The van der Waals surface area contributed by atoms with E-state index >= 15 is 0 Å². The molecule has 2 N–H and O–H groups in total. The van der Waals surface area contributed by atoms with Crippen molar-refractivity contribution in [2.75, 3.05) is 32.4 Å². The number of rotatable bonds is 5. The molecule has 0 spiro atoms. The van der Waals surface area contributed by atoms with Crippen LogP contribution in [0.5, 0.6) is 17.2 Å². The summed E-state index contributed by atoms with van der Waals surface area (Å²) in [7, 11) is 1.56. The minimum absolute atomic E-state index is 0.0669. The molecular weight excluding hydrogens is 374 g/mol. The number of methoxy groups -OCH3 is 1. The number of ether oxygens (including phenoxy) is 4. The molecular formula is C21H23N3O5. The Labute approximate surface area is 168 Å². The lowest BCUT2D eigenvalue weighted by atomic mass is 10.2. The van der Waals surface area contributed by atoms with Gasteiger partial charge in [0.05, 0.1) is 19.8 Å². The second-order valence-corrected chi connectivity index (χ2v) is 6.70. The maximum absolute atomic E-state index is 12.7. The molecule has 2 aliphatic rings. The van der Waals surface area contributed by atoms with Crippen LogP contribution in [0.1, 0.15) is 23.2 Å². The van der Waals surface area contributed by atoms with Gasteiger partial charge in [0.25, 0.3) is 5.91 Å². The van der Waals surface area contributed by atoms with E-state index in [1.54, 1.807) is 31.4 Å². The number of carbonyl (C=O) groups is 1. The Balaban J connectivity index is 1.51. The number of hydrogen-bond acceptors (Lipinski definition) is 6. The van der Waals surface area contributed by atoms with Gasteiger partial charge in [-0.3, -0.25) is 10.1 Å². The van der Waals surface area contributed by atoms with Gasteiger partial charge in [-0.15, -0.1) is 0 Å². The van der Waals surface area contributed by atoms with Crippen LogP contribution in [0.4, 0.5) is 5.69 Å².